The fourth-order valence-electron chi connectivity index (χ4n) is 1.43. The lowest BCUT2D eigenvalue weighted by atomic mass is 10.0. The van der Waals surface area contributed by atoms with Crippen molar-refractivity contribution in [3.63, 3.8) is 0 Å². The third kappa shape index (κ3) is 7.33. The van der Waals surface area contributed by atoms with Crippen LogP contribution in [0.5, 0.6) is 0 Å². The summed E-state index contributed by atoms with van der Waals surface area (Å²) in [7, 11) is 0. The van der Waals surface area contributed by atoms with Gasteiger partial charge >= 0.3 is 0 Å². The van der Waals surface area contributed by atoms with Crippen molar-refractivity contribution in [3.05, 3.63) is 0 Å². The van der Waals surface area contributed by atoms with Crippen LogP contribution in [0.2, 0.25) is 0 Å². The zero-order valence-corrected chi connectivity index (χ0v) is 9.99. The molecule has 0 aliphatic carbocycles. The highest BCUT2D eigenvalue weighted by atomic mass is 16.2. The number of carbonyl (C=O) groups is 1. The summed E-state index contributed by atoms with van der Waals surface area (Å²) in [6.07, 6.45) is 2.20. The van der Waals surface area contributed by atoms with Gasteiger partial charge in [0.1, 0.15) is 0 Å². The number of nitrogens with one attached hydrogen (secondary N) is 1. The van der Waals surface area contributed by atoms with E-state index >= 15 is 0 Å². The van der Waals surface area contributed by atoms with Crippen LogP contribution in [-0.4, -0.2) is 29.7 Å². The number of aliphatic hydroxyl groups excluding tert-OH is 1. The molecule has 0 saturated heterocycles. The van der Waals surface area contributed by atoms with E-state index in [1.54, 1.807) is 0 Å². The number of aliphatic hydroxyl groups is 1. The molecule has 0 aromatic carbocycles. The zero-order valence-electron chi connectivity index (χ0n) is 9.99. The van der Waals surface area contributed by atoms with E-state index in [1.165, 1.54) is 0 Å². The molecule has 0 rings (SSSR count). The number of carbonyl (C=O) groups excluding carboxylic acids is 1. The Kier molecular flexibility index (Phi) is 7.34. The van der Waals surface area contributed by atoms with Crippen LogP contribution in [0.15, 0.2) is 0 Å². The maximum Gasteiger partial charge on any atom is 0.237 e. The summed E-state index contributed by atoms with van der Waals surface area (Å²) in [6.45, 7) is 6.18. The van der Waals surface area contributed by atoms with E-state index < -0.39 is 6.04 Å². The lowest BCUT2D eigenvalue weighted by Gasteiger charge is -2.18. The predicted molar refractivity (Wildman–Crippen MR) is 61.4 cm³/mol. The molecular weight excluding hydrogens is 192 g/mol. The molecule has 0 aliphatic rings. The van der Waals surface area contributed by atoms with Gasteiger partial charge in [0.25, 0.3) is 0 Å². The van der Waals surface area contributed by atoms with Crippen LogP contribution in [0.4, 0.5) is 0 Å². The van der Waals surface area contributed by atoms with Crippen LogP contribution >= 0.6 is 0 Å². The Morgan fingerprint density at radius 3 is 2.47 bits per heavy atom. The highest BCUT2D eigenvalue weighted by Crippen LogP contribution is 2.03. The minimum Gasteiger partial charge on any atom is -0.396 e. The van der Waals surface area contributed by atoms with E-state index in [2.05, 4.69) is 5.32 Å². The lowest BCUT2D eigenvalue weighted by molar-refractivity contribution is -0.123. The van der Waals surface area contributed by atoms with E-state index in [-0.39, 0.29) is 18.6 Å². The monoisotopic (exact) mass is 216 g/mol. The molecule has 0 aromatic heterocycles. The standard InChI is InChI=1S/C11H24N2O2/c1-8(2)7-10(12)11(15)13-9(3)5-4-6-14/h8-10,14H,4-7,12H2,1-3H3,(H,13,15)/t9?,10-/m0/s1. The van der Waals surface area contributed by atoms with E-state index in [0.717, 1.165) is 6.42 Å². The minimum absolute atomic E-state index is 0.0860. The quantitative estimate of drug-likeness (QED) is 0.584. The van der Waals surface area contributed by atoms with Crippen molar-refractivity contribution < 1.29 is 9.90 Å². The van der Waals surface area contributed by atoms with Crippen molar-refractivity contribution in [1.29, 1.82) is 0 Å². The second-order valence-corrected chi connectivity index (χ2v) is 4.51. The van der Waals surface area contributed by atoms with Crippen LogP contribution in [-0.2, 0) is 4.79 Å². The van der Waals surface area contributed by atoms with Crippen molar-refractivity contribution in [3.8, 4) is 0 Å². The first-order chi connectivity index (χ1) is 6.97. The molecular formula is C11H24N2O2. The van der Waals surface area contributed by atoms with Gasteiger partial charge in [0.2, 0.25) is 5.91 Å². The molecule has 1 amide bonds. The van der Waals surface area contributed by atoms with Gasteiger partial charge in [-0.15, -0.1) is 0 Å². The molecule has 0 aliphatic heterocycles. The molecule has 1 unspecified atom stereocenters. The van der Waals surface area contributed by atoms with Gasteiger partial charge in [-0.05, 0) is 32.1 Å². The first-order valence-corrected chi connectivity index (χ1v) is 5.64. The van der Waals surface area contributed by atoms with E-state index in [0.29, 0.717) is 18.8 Å². The van der Waals surface area contributed by atoms with Gasteiger partial charge in [-0.2, -0.15) is 0 Å². The fraction of sp³-hybridized carbons (Fsp3) is 0.909. The SMILES string of the molecule is CC(C)C[C@H](N)C(=O)NC(C)CCCO. The van der Waals surface area contributed by atoms with Gasteiger partial charge < -0.3 is 16.2 Å². The fourth-order valence-corrected chi connectivity index (χ4v) is 1.43. The normalized spacial score (nSPS) is 15.1. The molecule has 0 spiro atoms. The Morgan fingerprint density at radius 1 is 1.40 bits per heavy atom. The van der Waals surface area contributed by atoms with Crippen molar-refractivity contribution in [1.82, 2.24) is 5.32 Å². The third-order valence-electron chi connectivity index (χ3n) is 2.25. The van der Waals surface area contributed by atoms with Crippen molar-refractivity contribution >= 4 is 5.91 Å². The van der Waals surface area contributed by atoms with Gasteiger partial charge in [-0.3, -0.25) is 4.79 Å². The first-order valence-electron chi connectivity index (χ1n) is 5.64. The average Bonchev–Trinajstić information content (AvgIpc) is 2.13. The van der Waals surface area contributed by atoms with Gasteiger partial charge in [0.05, 0.1) is 6.04 Å². The van der Waals surface area contributed by atoms with Crippen LogP contribution in [0.3, 0.4) is 0 Å². The van der Waals surface area contributed by atoms with Crippen LogP contribution in [0.1, 0.15) is 40.0 Å². The van der Waals surface area contributed by atoms with Gasteiger partial charge in [0, 0.05) is 12.6 Å². The van der Waals surface area contributed by atoms with Gasteiger partial charge in [-0.1, -0.05) is 13.8 Å². The molecule has 4 heteroatoms. The highest BCUT2D eigenvalue weighted by Gasteiger charge is 2.16. The van der Waals surface area contributed by atoms with Gasteiger partial charge in [-0.25, -0.2) is 0 Å². The molecule has 0 fully saturated rings. The van der Waals surface area contributed by atoms with E-state index in [9.17, 15) is 4.79 Å². The molecule has 0 bridgehead atoms. The molecule has 90 valence electrons. The summed E-state index contributed by atoms with van der Waals surface area (Å²) >= 11 is 0. The first kappa shape index (κ1) is 14.4. The molecule has 4 N–H and O–H groups in total. The Morgan fingerprint density at radius 2 is 2.00 bits per heavy atom. The summed E-state index contributed by atoms with van der Waals surface area (Å²) < 4.78 is 0. The Bertz CT molecular complexity index is 183. The average molecular weight is 216 g/mol. The summed E-state index contributed by atoms with van der Waals surface area (Å²) in [5, 5.41) is 11.5. The van der Waals surface area contributed by atoms with Crippen molar-refractivity contribution in [2.24, 2.45) is 11.7 Å². The highest BCUT2D eigenvalue weighted by molar-refractivity contribution is 5.81. The minimum atomic E-state index is -0.415. The molecule has 2 atom stereocenters. The Balaban J connectivity index is 3.80. The topological polar surface area (TPSA) is 75.4 Å². The smallest absolute Gasteiger partial charge is 0.237 e. The number of amides is 1. The summed E-state index contributed by atoms with van der Waals surface area (Å²) in [4.78, 5) is 11.6. The molecule has 0 radical (unpaired) electrons. The van der Waals surface area contributed by atoms with Crippen LogP contribution < -0.4 is 11.1 Å². The molecule has 0 saturated carbocycles. The van der Waals surface area contributed by atoms with Crippen LogP contribution in [0, 0.1) is 5.92 Å². The molecule has 4 nitrogen and oxygen atoms in total. The predicted octanol–water partition coefficient (Wildman–Crippen LogP) is 0.637. The zero-order chi connectivity index (χ0) is 11.8. The number of nitrogens with two attached hydrogens (primary N) is 1. The number of hydrogen-bond donors (Lipinski definition) is 3. The van der Waals surface area contributed by atoms with E-state index in [1.807, 2.05) is 20.8 Å². The second-order valence-electron chi connectivity index (χ2n) is 4.51. The van der Waals surface area contributed by atoms with Crippen molar-refractivity contribution in [2.45, 2.75) is 52.1 Å². The number of hydrogen-bond acceptors (Lipinski definition) is 3. The molecule has 15 heavy (non-hydrogen) atoms. The second kappa shape index (κ2) is 7.65. The largest absolute Gasteiger partial charge is 0.396 e. The lowest BCUT2D eigenvalue weighted by Crippen LogP contribution is -2.45. The maximum atomic E-state index is 11.6. The summed E-state index contributed by atoms with van der Waals surface area (Å²) in [5.74, 6) is 0.340. The van der Waals surface area contributed by atoms with Gasteiger partial charge in [0.15, 0.2) is 0 Å². The Labute approximate surface area is 92.2 Å². The Hall–Kier alpha value is -0.610. The molecule has 0 heterocycles. The van der Waals surface area contributed by atoms with Crippen LogP contribution in [0.25, 0.3) is 0 Å². The summed E-state index contributed by atoms with van der Waals surface area (Å²) in [5.41, 5.74) is 5.73. The molecule has 0 aromatic rings. The third-order valence-corrected chi connectivity index (χ3v) is 2.25. The van der Waals surface area contributed by atoms with Crippen molar-refractivity contribution in [2.75, 3.05) is 6.61 Å². The maximum absolute atomic E-state index is 11.6. The van der Waals surface area contributed by atoms with E-state index in [4.69, 9.17) is 10.8 Å². The number of rotatable bonds is 7. The summed E-state index contributed by atoms with van der Waals surface area (Å²) in [6, 6.07) is -0.329.